The van der Waals surface area contributed by atoms with E-state index in [0.29, 0.717) is 5.92 Å². The third-order valence-electron chi connectivity index (χ3n) is 1.86. The van der Waals surface area contributed by atoms with Crippen molar-refractivity contribution in [3.05, 3.63) is 6.92 Å². The average Bonchev–Trinajstić information content (AvgIpc) is 1.88. The van der Waals surface area contributed by atoms with Gasteiger partial charge in [-0.1, -0.05) is 0 Å². The molecule has 0 aromatic heterocycles. The number of nitrogens with zero attached hydrogens (tertiary/aromatic N) is 1. The lowest BCUT2D eigenvalue weighted by molar-refractivity contribution is 0.287. The molecule has 1 atom stereocenters. The zero-order chi connectivity index (χ0) is 7.56. The summed E-state index contributed by atoms with van der Waals surface area (Å²) in [6.07, 6.45) is 2.29. The zero-order valence-electron chi connectivity index (χ0n) is 6.14. The molecule has 57 valence electrons. The van der Waals surface area contributed by atoms with E-state index < -0.39 is 0 Å². The molecule has 1 radical (unpaired) electrons. The summed E-state index contributed by atoms with van der Waals surface area (Å²) in [4.78, 5) is 1.88. The van der Waals surface area contributed by atoms with Gasteiger partial charge in [-0.15, -0.1) is 0 Å². The second kappa shape index (κ2) is 2.90. The van der Waals surface area contributed by atoms with Crippen molar-refractivity contribution in [1.82, 2.24) is 4.90 Å². The van der Waals surface area contributed by atoms with Crippen LogP contribution in [0.15, 0.2) is 0 Å². The molecule has 0 spiro atoms. The van der Waals surface area contributed by atoms with Gasteiger partial charge >= 0.3 is 0 Å². The largest absolute Gasteiger partial charge is 0.370 e. The molecular formula is C7H14N3. The number of hydrogen-bond acceptors (Lipinski definition) is 1. The molecule has 1 unspecified atom stereocenters. The van der Waals surface area contributed by atoms with Crippen molar-refractivity contribution in [1.29, 1.82) is 5.41 Å². The van der Waals surface area contributed by atoms with E-state index >= 15 is 0 Å². The quantitative estimate of drug-likeness (QED) is 0.378. The SMILES string of the molecule is [CH2]C1CCCN(C(=N)N)C1. The van der Waals surface area contributed by atoms with Gasteiger partial charge in [0.25, 0.3) is 0 Å². The molecule has 0 aromatic rings. The molecule has 0 saturated carbocycles. The Hall–Kier alpha value is -0.730. The number of nitrogens with one attached hydrogen (secondary N) is 1. The van der Waals surface area contributed by atoms with Crippen molar-refractivity contribution in [3.63, 3.8) is 0 Å². The Bertz CT molecular complexity index is 133. The molecule has 3 heteroatoms. The molecule has 1 aliphatic heterocycles. The first-order chi connectivity index (χ1) is 4.70. The smallest absolute Gasteiger partial charge is 0.188 e. The van der Waals surface area contributed by atoms with Crippen LogP contribution in [-0.4, -0.2) is 23.9 Å². The van der Waals surface area contributed by atoms with Gasteiger partial charge in [0, 0.05) is 13.1 Å². The molecule has 10 heavy (non-hydrogen) atoms. The fraction of sp³-hybridized carbons (Fsp3) is 0.714. The van der Waals surface area contributed by atoms with Crippen LogP contribution in [0.5, 0.6) is 0 Å². The Kier molecular flexibility index (Phi) is 2.14. The van der Waals surface area contributed by atoms with E-state index in [1.165, 1.54) is 6.42 Å². The van der Waals surface area contributed by atoms with Crippen LogP contribution in [0, 0.1) is 18.3 Å². The van der Waals surface area contributed by atoms with Crippen LogP contribution in [-0.2, 0) is 0 Å². The Morgan fingerprint density at radius 1 is 1.70 bits per heavy atom. The average molecular weight is 140 g/mol. The lowest BCUT2D eigenvalue weighted by Crippen LogP contribution is -2.42. The summed E-state index contributed by atoms with van der Waals surface area (Å²) >= 11 is 0. The van der Waals surface area contributed by atoms with Crippen molar-refractivity contribution in [2.45, 2.75) is 12.8 Å². The van der Waals surface area contributed by atoms with Crippen molar-refractivity contribution in [3.8, 4) is 0 Å². The fourth-order valence-electron chi connectivity index (χ4n) is 1.28. The second-order valence-corrected chi connectivity index (χ2v) is 2.84. The van der Waals surface area contributed by atoms with E-state index in [1.54, 1.807) is 0 Å². The highest BCUT2D eigenvalue weighted by atomic mass is 15.2. The van der Waals surface area contributed by atoms with Crippen molar-refractivity contribution in [2.24, 2.45) is 11.7 Å². The minimum absolute atomic E-state index is 0.188. The highest BCUT2D eigenvalue weighted by Gasteiger charge is 2.16. The highest BCUT2D eigenvalue weighted by molar-refractivity contribution is 5.74. The molecular weight excluding hydrogens is 126 g/mol. The summed E-state index contributed by atoms with van der Waals surface area (Å²) in [6.45, 7) is 5.72. The predicted molar refractivity (Wildman–Crippen MR) is 41.6 cm³/mol. The molecule has 1 aliphatic rings. The first kappa shape index (κ1) is 7.38. The minimum atomic E-state index is 0.188. The normalized spacial score (nSPS) is 26.5. The Balaban J connectivity index is 2.39. The molecule has 3 N–H and O–H groups in total. The molecule has 0 aliphatic carbocycles. The lowest BCUT2D eigenvalue weighted by Gasteiger charge is -2.30. The maximum atomic E-state index is 7.15. The standard InChI is InChI=1S/C7H14N3/c1-6-3-2-4-10(5-6)7(8)9/h6H,1-5H2,(H3,8,9). The van der Waals surface area contributed by atoms with Gasteiger partial charge in [0.2, 0.25) is 0 Å². The van der Waals surface area contributed by atoms with E-state index in [1.807, 2.05) is 4.90 Å². The van der Waals surface area contributed by atoms with Crippen LogP contribution in [0.25, 0.3) is 0 Å². The van der Waals surface area contributed by atoms with Gasteiger partial charge in [0.15, 0.2) is 5.96 Å². The molecule has 1 heterocycles. The first-order valence-corrected chi connectivity index (χ1v) is 3.62. The summed E-state index contributed by atoms with van der Waals surface area (Å²) < 4.78 is 0. The van der Waals surface area contributed by atoms with Crippen LogP contribution >= 0.6 is 0 Å². The Labute approximate surface area is 61.7 Å². The van der Waals surface area contributed by atoms with E-state index in [2.05, 4.69) is 6.92 Å². The number of rotatable bonds is 0. The highest BCUT2D eigenvalue weighted by Crippen LogP contribution is 2.13. The molecule has 0 amide bonds. The monoisotopic (exact) mass is 140 g/mol. The summed E-state index contributed by atoms with van der Waals surface area (Å²) in [6, 6.07) is 0. The van der Waals surface area contributed by atoms with Gasteiger partial charge in [-0.25, -0.2) is 0 Å². The second-order valence-electron chi connectivity index (χ2n) is 2.84. The maximum absolute atomic E-state index is 7.15. The predicted octanol–water partition coefficient (Wildman–Crippen LogP) is 0.426. The summed E-state index contributed by atoms with van der Waals surface area (Å²) in [5, 5.41) is 7.15. The number of guanidine groups is 1. The molecule has 1 fully saturated rings. The van der Waals surface area contributed by atoms with Crippen molar-refractivity contribution in [2.75, 3.05) is 13.1 Å². The minimum Gasteiger partial charge on any atom is -0.370 e. The number of piperidine rings is 1. The van der Waals surface area contributed by atoms with Crippen LogP contribution in [0.2, 0.25) is 0 Å². The van der Waals surface area contributed by atoms with Gasteiger partial charge in [-0.3, -0.25) is 5.41 Å². The molecule has 0 bridgehead atoms. The number of likely N-dealkylation sites (tertiary alicyclic amines) is 1. The van der Waals surface area contributed by atoms with Crippen LogP contribution in [0.1, 0.15) is 12.8 Å². The van der Waals surface area contributed by atoms with E-state index in [-0.39, 0.29) is 5.96 Å². The molecule has 0 aromatic carbocycles. The molecule has 3 nitrogen and oxygen atoms in total. The first-order valence-electron chi connectivity index (χ1n) is 3.62. The summed E-state index contributed by atoms with van der Waals surface area (Å²) in [7, 11) is 0. The van der Waals surface area contributed by atoms with Crippen LogP contribution in [0.3, 0.4) is 0 Å². The van der Waals surface area contributed by atoms with Gasteiger partial charge < -0.3 is 10.6 Å². The van der Waals surface area contributed by atoms with E-state index in [4.69, 9.17) is 11.1 Å². The number of hydrogen-bond donors (Lipinski definition) is 2. The van der Waals surface area contributed by atoms with Crippen LogP contribution in [0.4, 0.5) is 0 Å². The van der Waals surface area contributed by atoms with E-state index in [9.17, 15) is 0 Å². The maximum Gasteiger partial charge on any atom is 0.188 e. The Morgan fingerprint density at radius 3 is 2.80 bits per heavy atom. The summed E-state index contributed by atoms with van der Waals surface area (Å²) in [5.74, 6) is 0.644. The van der Waals surface area contributed by atoms with E-state index in [0.717, 1.165) is 19.5 Å². The van der Waals surface area contributed by atoms with Crippen LogP contribution < -0.4 is 5.73 Å². The van der Waals surface area contributed by atoms with Gasteiger partial charge in [-0.05, 0) is 25.7 Å². The van der Waals surface area contributed by atoms with Crippen molar-refractivity contribution < 1.29 is 0 Å². The molecule has 1 rings (SSSR count). The van der Waals surface area contributed by atoms with Crippen molar-refractivity contribution >= 4 is 5.96 Å². The third-order valence-corrected chi connectivity index (χ3v) is 1.86. The fourth-order valence-corrected chi connectivity index (χ4v) is 1.28. The third kappa shape index (κ3) is 1.62. The van der Waals surface area contributed by atoms with Gasteiger partial charge in [-0.2, -0.15) is 0 Å². The zero-order valence-corrected chi connectivity index (χ0v) is 6.14. The lowest BCUT2D eigenvalue weighted by atomic mass is 10.0. The van der Waals surface area contributed by atoms with Gasteiger partial charge in [0.05, 0.1) is 0 Å². The Morgan fingerprint density at radius 2 is 2.40 bits per heavy atom. The number of nitrogens with two attached hydrogens (primary N) is 1. The molecule has 1 saturated heterocycles. The topological polar surface area (TPSA) is 53.1 Å². The summed E-state index contributed by atoms with van der Waals surface area (Å²) in [5.41, 5.74) is 5.31. The van der Waals surface area contributed by atoms with Gasteiger partial charge in [0.1, 0.15) is 0 Å².